The monoisotopic (exact) mass is 417 g/mol. The maximum Gasteiger partial charge on any atom is 0.424 e. The topological polar surface area (TPSA) is 90.0 Å². The number of amides is 1. The van der Waals surface area contributed by atoms with Gasteiger partial charge in [-0.25, -0.2) is 13.2 Å². The predicted molar refractivity (Wildman–Crippen MR) is 106 cm³/mol. The molecule has 7 nitrogen and oxygen atoms in total. The van der Waals surface area contributed by atoms with Gasteiger partial charge in [-0.1, -0.05) is 48.0 Å². The average Bonchev–Trinajstić information content (AvgIpc) is 3.03. The number of carbonyl (C=O) groups excluding carboxylic acids is 2. The van der Waals surface area contributed by atoms with Crippen LogP contribution in [0, 0.1) is 6.92 Å². The van der Waals surface area contributed by atoms with Crippen molar-refractivity contribution in [3.63, 3.8) is 0 Å². The van der Waals surface area contributed by atoms with Gasteiger partial charge in [-0.05, 0) is 37.5 Å². The SMILES string of the molecule is COC(=O)C[C@@H]1[C@@H](CCc2ccccc2)OC(=O)N1S(=O)(=O)c1ccc(C)cc1. The quantitative estimate of drug-likeness (QED) is 0.643. The Kier molecular flexibility index (Phi) is 6.22. The van der Waals surface area contributed by atoms with Crippen LogP contribution in [0.4, 0.5) is 4.79 Å². The van der Waals surface area contributed by atoms with Crippen molar-refractivity contribution in [2.75, 3.05) is 7.11 Å². The highest BCUT2D eigenvalue weighted by Gasteiger charge is 2.49. The first-order valence-electron chi connectivity index (χ1n) is 9.25. The van der Waals surface area contributed by atoms with Crippen LogP contribution in [0.15, 0.2) is 59.5 Å². The lowest BCUT2D eigenvalue weighted by Crippen LogP contribution is -2.42. The molecule has 1 aliphatic rings. The van der Waals surface area contributed by atoms with Crippen molar-refractivity contribution in [3.8, 4) is 0 Å². The van der Waals surface area contributed by atoms with Gasteiger partial charge < -0.3 is 9.47 Å². The highest BCUT2D eigenvalue weighted by Crippen LogP contribution is 2.32. The smallest absolute Gasteiger partial charge is 0.424 e. The Morgan fingerprint density at radius 3 is 2.38 bits per heavy atom. The van der Waals surface area contributed by atoms with Gasteiger partial charge in [0.25, 0.3) is 10.0 Å². The standard InChI is InChI=1S/C21H23NO6S/c1-15-8-11-17(12-9-15)29(25,26)22-18(14-20(23)27-2)19(28-21(22)24)13-10-16-6-4-3-5-7-16/h3-9,11-12,18-19H,10,13-14H2,1-2H3/t18-,19-/m1/s1. The lowest BCUT2D eigenvalue weighted by atomic mass is 10.0. The molecule has 29 heavy (non-hydrogen) atoms. The minimum atomic E-state index is -4.17. The number of hydrogen-bond acceptors (Lipinski definition) is 6. The zero-order valence-corrected chi connectivity index (χ0v) is 17.1. The molecule has 154 valence electrons. The molecule has 0 aliphatic carbocycles. The molecular formula is C21H23NO6S. The number of hydrogen-bond donors (Lipinski definition) is 0. The molecule has 1 fully saturated rings. The number of nitrogens with zero attached hydrogens (tertiary/aromatic N) is 1. The van der Waals surface area contributed by atoms with E-state index < -0.39 is 34.2 Å². The van der Waals surface area contributed by atoms with E-state index in [9.17, 15) is 18.0 Å². The first-order valence-corrected chi connectivity index (χ1v) is 10.7. The molecule has 1 amide bonds. The molecule has 0 unspecified atom stereocenters. The van der Waals surface area contributed by atoms with E-state index in [-0.39, 0.29) is 11.3 Å². The summed E-state index contributed by atoms with van der Waals surface area (Å²) in [6, 6.07) is 14.8. The Morgan fingerprint density at radius 2 is 1.76 bits per heavy atom. The van der Waals surface area contributed by atoms with Crippen molar-refractivity contribution in [2.24, 2.45) is 0 Å². The summed E-state index contributed by atoms with van der Waals surface area (Å²) in [5, 5.41) is 0. The number of cyclic esters (lactones) is 1. The lowest BCUT2D eigenvalue weighted by molar-refractivity contribution is -0.141. The molecule has 8 heteroatoms. The second kappa shape index (κ2) is 8.65. The van der Waals surface area contributed by atoms with E-state index >= 15 is 0 Å². The Balaban J connectivity index is 1.88. The van der Waals surface area contributed by atoms with E-state index in [0.29, 0.717) is 17.1 Å². The summed E-state index contributed by atoms with van der Waals surface area (Å²) < 4.78 is 37.0. The van der Waals surface area contributed by atoms with Crippen LogP contribution < -0.4 is 0 Å². The van der Waals surface area contributed by atoms with E-state index in [1.807, 2.05) is 37.3 Å². The maximum atomic E-state index is 13.1. The summed E-state index contributed by atoms with van der Waals surface area (Å²) in [4.78, 5) is 24.4. The van der Waals surface area contributed by atoms with Gasteiger partial charge in [-0.2, -0.15) is 4.31 Å². The van der Waals surface area contributed by atoms with Crippen molar-refractivity contribution < 1.29 is 27.5 Å². The number of benzene rings is 2. The molecule has 3 rings (SSSR count). The fourth-order valence-corrected chi connectivity index (χ4v) is 4.83. The molecule has 2 aromatic rings. The van der Waals surface area contributed by atoms with Gasteiger partial charge in [0.2, 0.25) is 0 Å². The molecule has 1 saturated heterocycles. The third-order valence-electron chi connectivity index (χ3n) is 4.90. The number of methoxy groups -OCH3 is 1. The lowest BCUT2D eigenvalue weighted by Gasteiger charge is -2.23. The summed E-state index contributed by atoms with van der Waals surface area (Å²) >= 11 is 0. The second-order valence-corrected chi connectivity index (χ2v) is 8.72. The van der Waals surface area contributed by atoms with Crippen LogP contribution in [0.2, 0.25) is 0 Å². The van der Waals surface area contributed by atoms with Gasteiger partial charge in [0.15, 0.2) is 0 Å². The van der Waals surface area contributed by atoms with Gasteiger partial charge in [0.05, 0.1) is 24.5 Å². The first kappa shape index (κ1) is 20.9. The van der Waals surface area contributed by atoms with Gasteiger partial charge in [-0.15, -0.1) is 0 Å². The summed E-state index contributed by atoms with van der Waals surface area (Å²) in [5.74, 6) is -0.609. The molecule has 0 bridgehead atoms. The third kappa shape index (κ3) is 4.59. The molecule has 0 spiro atoms. The van der Waals surface area contributed by atoms with Crippen molar-refractivity contribution >= 4 is 22.1 Å². The van der Waals surface area contributed by atoms with Gasteiger partial charge in [0, 0.05) is 0 Å². The zero-order chi connectivity index (χ0) is 21.0. The summed E-state index contributed by atoms with van der Waals surface area (Å²) in [6.07, 6.45) is -1.03. The molecule has 2 aromatic carbocycles. The van der Waals surface area contributed by atoms with Crippen LogP contribution >= 0.6 is 0 Å². The van der Waals surface area contributed by atoms with E-state index in [1.165, 1.54) is 19.2 Å². The highest BCUT2D eigenvalue weighted by molar-refractivity contribution is 7.89. The van der Waals surface area contributed by atoms with Crippen LogP contribution in [0.1, 0.15) is 24.0 Å². The van der Waals surface area contributed by atoms with E-state index in [1.54, 1.807) is 12.1 Å². The molecule has 0 radical (unpaired) electrons. The number of ether oxygens (including phenoxy) is 2. The second-order valence-electron chi connectivity index (χ2n) is 6.91. The molecule has 0 saturated carbocycles. The van der Waals surface area contributed by atoms with Crippen LogP contribution in [0.3, 0.4) is 0 Å². The fraction of sp³-hybridized carbons (Fsp3) is 0.333. The maximum absolute atomic E-state index is 13.1. The number of esters is 1. The van der Waals surface area contributed by atoms with E-state index in [4.69, 9.17) is 9.47 Å². The number of carbonyl (C=O) groups is 2. The fourth-order valence-electron chi connectivity index (χ4n) is 3.32. The summed E-state index contributed by atoms with van der Waals surface area (Å²) in [6.45, 7) is 1.83. The van der Waals surface area contributed by atoms with Crippen LogP contribution in [0.25, 0.3) is 0 Å². The third-order valence-corrected chi connectivity index (χ3v) is 6.71. The van der Waals surface area contributed by atoms with Crippen molar-refractivity contribution in [2.45, 2.75) is 43.2 Å². The average molecular weight is 417 g/mol. The predicted octanol–water partition coefficient (Wildman–Crippen LogP) is 3.07. The summed E-state index contributed by atoms with van der Waals surface area (Å²) in [7, 11) is -2.95. The molecule has 1 heterocycles. The van der Waals surface area contributed by atoms with Crippen LogP contribution in [0.5, 0.6) is 0 Å². The zero-order valence-electron chi connectivity index (χ0n) is 16.3. The number of aryl methyl sites for hydroxylation is 2. The normalized spacial score (nSPS) is 19.1. The first-order chi connectivity index (χ1) is 13.8. The largest absolute Gasteiger partial charge is 0.469 e. The molecule has 0 aromatic heterocycles. The molecule has 1 aliphatic heterocycles. The molecular weight excluding hydrogens is 394 g/mol. The number of rotatable bonds is 7. The Bertz CT molecular complexity index is 972. The molecule has 0 N–H and O–H groups in total. The summed E-state index contributed by atoms with van der Waals surface area (Å²) in [5.41, 5.74) is 1.92. The van der Waals surface area contributed by atoms with E-state index in [2.05, 4.69) is 0 Å². The van der Waals surface area contributed by atoms with Crippen LogP contribution in [-0.2, 0) is 30.7 Å². The van der Waals surface area contributed by atoms with Gasteiger partial charge in [-0.3, -0.25) is 4.79 Å². The van der Waals surface area contributed by atoms with Crippen molar-refractivity contribution in [1.82, 2.24) is 4.31 Å². The van der Waals surface area contributed by atoms with Crippen molar-refractivity contribution in [1.29, 1.82) is 0 Å². The Hall–Kier alpha value is -2.87. The molecule has 2 atom stereocenters. The minimum Gasteiger partial charge on any atom is -0.469 e. The van der Waals surface area contributed by atoms with Gasteiger partial charge in [0.1, 0.15) is 6.10 Å². The Morgan fingerprint density at radius 1 is 1.10 bits per heavy atom. The van der Waals surface area contributed by atoms with E-state index in [0.717, 1.165) is 11.1 Å². The minimum absolute atomic E-state index is 0.0291. The number of sulfonamides is 1. The van der Waals surface area contributed by atoms with Crippen molar-refractivity contribution in [3.05, 3.63) is 65.7 Å². The van der Waals surface area contributed by atoms with Gasteiger partial charge >= 0.3 is 12.1 Å². The highest BCUT2D eigenvalue weighted by atomic mass is 32.2. The van der Waals surface area contributed by atoms with Crippen LogP contribution in [-0.4, -0.2) is 44.0 Å². The Labute approximate surface area is 170 Å².